The van der Waals surface area contributed by atoms with Crippen molar-refractivity contribution < 1.29 is 19.1 Å². The predicted molar refractivity (Wildman–Crippen MR) is 99.1 cm³/mol. The number of amides is 2. The maximum atomic E-state index is 12.1. The molecule has 0 unspecified atom stereocenters. The zero-order valence-corrected chi connectivity index (χ0v) is 15.2. The Balaban J connectivity index is 1.82. The van der Waals surface area contributed by atoms with Gasteiger partial charge in [-0.25, -0.2) is 4.79 Å². The van der Waals surface area contributed by atoms with Gasteiger partial charge in [0, 0.05) is 5.56 Å². The molecule has 0 bridgehead atoms. The number of aryl methyl sites for hydroxylation is 1. The minimum absolute atomic E-state index is 0.381. The van der Waals surface area contributed by atoms with Crippen LogP contribution in [0.2, 0.25) is 5.02 Å². The third-order valence-corrected chi connectivity index (χ3v) is 3.80. The Hall–Kier alpha value is -2.86. The first-order valence-corrected chi connectivity index (χ1v) is 8.33. The summed E-state index contributed by atoms with van der Waals surface area (Å²) >= 11 is 5.94. The van der Waals surface area contributed by atoms with Gasteiger partial charge in [-0.3, -0.25) is 9.59 Å². The fraction of sp³-hybridized carbons (Fsp3) is 0.211. The smallest absolute Gasteiger partial charge is 0.328 e. The van der Waals surface area contributed by atoms with Crippen molar-refractivity contribution in [2.45, 2.75) is 19.9 Å². The summed E-state index contributed by atoms with van der Waals surface area (Å²) in [6, 6.07) is 12.8. The normalized spacial score (nSPS) is 11.3. The highest BCUT2D eigenvalue weighted by Gasteiger charge is 2.19. The minimum atomic E-state index is -0.892. The molecule has 2 aromatic rings. The van der Waals surface area contributed by atoms with Crippen LogP contribution in [-0.4, -0.2) is 30.4 Å². The summed E-state index contributed by atoms with van der Waals surface area (Å²) in [7, 11) is 0. The molecule has 0 aliphatic rings. The Morgan fingerprint density at radius 1 is 1.12 bits per heavy atom. The number of benzene rings is 2. The fourth-order valence-electron chi connectivity index (χ4n) is 2.14. The number of hydrogen-bond donors (Lipinski definition) is 2. The van der Waals surface area contributed by atoms with Crippen LogP contribution in [0.3, 0.4) is 0 Å². The van der Waals surface area contributed by atoms with Gasteiger partial charge in [0.05, 0.1) is 10.7 Å². The van der Waals surface area contributed by atoms with Crippen molar-refractivity contribution in [3.8, 4) is 0 Å². The van der Waals surface area contributed by atoms with Gasteiger partial charge in [0.25, 0.3) is 11.8 Å². The third kappa shape index (κ3) is 5.60. The summed E-state index contributed by atoms with van der Waals surface area (Å²) in [6.45, 7) is 2.88. The average Bonchev–Trinajstić information content (AvgIpc) is 2.61. The van der Waals surface area contributed by atoms with Crippen LogP contribution in [0.25, 0.3) is 0 Å². The summed E-state index contributed by atoms with van der Waals surface area (Å²) in [5, 5.41) is 5.46. The highest BCUT2D eigenvalue weighted by Crippen LogP contribution is 2.20. The number of anilines is 1. The van der Waals surface area contributed by atoms with Crippen molar-refractivity contribution in [2.75, 3.05) is 11.9 Å². The maximum absolute atomic E-state index is 12.1. The molecule has 7 heteroatoms. The number of esters is 1. The van der Waals surface area contributed by atoms with Gasteiger partial charge in [-0.05, 0) is 38.1 Å². The second-order valence-electron chi connectivity index (χ2n) is 5.70. The molecule has 0 aliphatic heterocycles. The first kappa shape index (κ1) is 19.5. The minimum Gasteiger partial charge on any atom is -0.454 e. The number of halogens is 1. The lowest BCUT2D eigenvalue weighted by atomic mass is 10.1. The van der Waals surface area contributed by atoms with Crippen LogP contribution in [0.5, 0.6) is 0 Å². The number of rotatable bonds is 6. The third-order valence-electron chi connectivity index (χ3n) is 3.47. The lowest BCUT2D eigenvalue weighted by Crippen LogP contribution is -2.40. The summed E-state index contributed by atoms with van der Waals surface area (Å²) in [5.74, 6) is -1.62. The highest BCUT2D eigenvalue weighted by atomic mass is 35.5. The van der Waals surface area contributed by atoms with E-state index < -0.39 is 30.4 Å². The molecular weight excluding hydrogens is 356 g/mol. The molecule has 2 amide bonds. The van der Waals surface area contributed by atoms with E-state index in [-0.39, 0.29) is 0 Å². The Labute approximate surface area is 156 Å². The SMILES string of the molecule is Cc1cccc(C(=O)N[C@@H](C)C(=O)OCC(=O)Nc2ccccc2Cl)c1. The zero-order valence-electron chi connectivity index (χ0n) is 14.4. The maximum Gasteiger partial charge on any atom is 0.328 e. The van der Waals surface area contributed by atoms with Gasteiger partial charge in [-0.1, -0.05) is 41.4 Å². The number of para-hydroxylation sites is 1. The van der Waals surface area contributed by atoms with E-state index in [0.29, 0.717) is 16.3 Å². The molecular formula is C19H19ClN2O4. The molecule has 0 saturated carbocycles. The van der Waals surface area contributed by atoms with E-state index in [1.807, 2.05) is 13.0 Å². The molecule has 0 spiro atoms. The Morgan fingerprint density at radius 2 is 1.85 bits per heavy atom. The molecule has 1 atom stereocenters. The number of ether oxygens (including phenoxy) is 1. The van der Waals surface area contributed by atoms with Gasteiger partial charge in [-0.2, -0.15) is 0 Å². The van der Waals surface area contributed by atoms with Crippen LogP contribution in [-0.2, 0) is 14.3 Å². The molecule has 0 saturated heterocycles. The predicted octanol–water partition coefficient (Wildman–Crippen LogP) is 2.95. The fourth-order valence-corrected chi connectivity index (χ4v) is 2.32. The van der Waals surface area contributed by atoms with Gasteiger partial charge in [0.1, 0.15) is 6.04 Å². The summed E-state index contributed by atoms with van der Waals surface area (Å²) in [4.78, 5) is 35.9. The molecule has 2 rings (SSSR count). The van der Waals surface area contributed by atoms with Crippen molar-refractivity contribution in [3.05, 3.63) is 64.7 Å². The van der Waals surface area contributed by atoms with E-state index in [1.54, 1.807) is 42.5 Å². The molecule has 2 N–H and O–H groups in total. The highest BCUT2D eigenvalue weighted by molar-refractivity contribution is 6.33. The Bertz CT molecular complexity index is 823. The quantitative estimate of drug-likeness (QED) is 0.761. The number of carbonyl (C=O) groups excluding carboxylic acids is 3. The Morgan fingerprint density at radius 3 is 2.54 bits per heavy atom. The largest absolute Gasteiger partial charge is 0.454 e. The Kier molecular flexibility index (Phi) is 6.74. The van der Waals surface area contributed by atoms with Crippen LogP contribution >= 0.6 is 11.6 Å². The molecule has 26 heavy (non-hydrogen) atoms. The molecule has 0 radical (unpaired) electrons. The lowest BCUT2D eigenvalue weighted by Gasteiger charge is -2.14. The van der Waals surface area contributed by atoms with Crippen LogP contribution < -0.4 is 10.6 Å². The van der Waals surface area contributed by atoms with Crippen LogP contribution in [0.4, 0.5) is 5.69 Å². The average molecular weight is 375 g/mol. The lowest BCUT2D eigenvalue weighted by molar-refractivity contribution is -0.148. The van der Waals surface area contributed by atoms with Gasteiger partial charge >= 0.3 is 5.97 Å². The zero-order chi connectivity index (χ0) is 19.1. The van der Waals surface area contributed by atoms with Crippen molar-refractivity contribution >= 4 is 35.1 Å². The summed E-state index contributed by atoms with van der Waals surface area (Å²) in [5.41, 5.74) is 1.81. The van der Waals surface area contributed by atoms with Gasteiger partial charge in [0.2, 0.25) is 0 Å². The second kappa shape index (κ2) is 9.01. The van der Waals surface area contributed by atoms with Gasteiger partial charge < -0.3 is 15.4 Å². The molecule has 136 valence electrons. The van der Waals surface area contributed by atoms with E-state index in [9.17, 15) is 14.4 Å². The van der Waals surface area contributed by atoms with Gasteiger partial charge in [0.15, 0.2) is 6.61 Å². The van der Waals surface area contributed by atoms with Crippen LogP contribution in [0.15, 0.2) is 48.5 Å². The van der Waals surface area contributed by atoms with E-state index in [0.717, 1.165) is 5.56 Å². The number of carbonyl (C=O) groups is 3. The van der Waals surface area contributed by atoms with E-state index in [1.165, 1.54) is 6.92 Å². The summed E-state index contributed by atoms with van der Waals surface area (Å²) in [6.07, 6.45) is 0. The topological polar surface area (TPSA) is 84.5 Å². The van der Waals surface area contributed by atoms with Crippen molar-refractivity contribution in [1.29, 1.82) is 0 Å². The number of nitrogens with one attached hydrogen (secondary N) is 2. The van der Waals surface area contributed by atoms with E-state index >= 15 is 0 Å². The first-order valence-electron chi connectivity index (χ1n) is 7.95. The molecule has 0 heterocycles. The van der Waals surface area contributed by atoms with Gasteiger partial charge in [-0.15, -0.1) is 0 Å². The van der Waals surface area contributed by atoms with Crippen LogP contribution in [0.1, 0.15) is 22.8 Å². The molecule has 0 aromatic heterocycles. The second-order valence-corrected chi connectivity index (χ2v) is 6.11. The van der Waals surface area contributed by atoms with E-state index in [4.69, 9.17) is 16.3 Å². The molecule has 2 aromatic carbocycles. The number of hydrogen-bond acceptors (Lipinski definition) is 4. The van der Waals surface area contributed by atoms with Crippen molar-refractivity contribution in [2.24, 2.45) is 0 Å². The molecule has 6 nitrogen and oxygen atoms in total. The van der Waals surface area contributed by atoms with Crippen LogP contribution in [0, 0.1) is 6.92 Å². The molecule has 0 fully saturated rings. The molecule has 0 aliphatic carbocycles. The van der Waals surface area contributed by atoms with E-state index in [2.05, 4.69) is 10.6 Å². The van der Waals surface area contributed by atoms with Crippen molar-refractivity contribution in [3.63, 3.8) is 0 Å². The monoisotopic (exact) mass is 374 g/mol. The summed E-state index contributed by atoms with van der Waals surface area (Å²) < 4.78 is 4.93. The first-order chi connectivity index (χ1) is 12.4. The van der Waals surface area contributed by atoms with Crippen molar-refractivity contribution in [1.82, 2.24) is 5.32 Å². The standard InChI is InChI=1S/C19H19ClN2O4/c1-12-6-5-7-14(10-12)18(24)21-13(2)19(25)26-11-17(23)22-16-9-4-3-8-15(16)20/h3-10,13H,11H2,1-2H3,(H,21,24)(H,22,23)/t13-/m0/s1.